The number of hydrogen-bond acceptors (Lipinski definition) is 2. The average molecular weight is 312 g/mol. The molecule has 0 unspecified atom stereocenters. The third kappa shape index (κ3) is 2.73. The number of carboxylic acids is 2. The fourth-order valence-electron chi connectivity index (χ4n) is 1.67. The molecule has 1 aliphatic carbocycles. The van der Waals surface area contributed by atoms with E-state index in [2.05, 4.69) is 0 Å². The van der Waals surface area contributed by atoms with E-state index in [4.69, 9.17) is 10.2 Å². The van der Waals surface area contributed by atoms with E-state index in [1.54, 1.807) is 0 Å². The van der Waals surface area contributed by atoms with Crippen LogP contribution >= 0.6 is 0 Å². The Balaban J connectivity index is -0.000000480. The minimum Gasteiger partial charge on any atom is -1.00 e. The molecule has 5 heteroatoms. The first-order valence-corrected chi connectivity index (χ1v) is 4.06. The smallest absolute Gasteiger partial charge is 1.00 e. The van der Waals surface area contributed by atoms with Crippen LogP contribution in [0.5, 0.6) is 0 Å². The molecule has 0 heterocycles. The van der Waals surface area contributed by atoms with Crippen molar-refractivity contribution in [3.8, 4) is 0 Å². The predicted octanol–water partition coefficient (Wildman–Crippen LogP) is 0.950. The van der Waals surface area contributed by atoms with Crippen LogP contribution in [0.3, 0.4) is 0 Å². The van der Waals surface area contributed by atoms with Gasteiger partial charge in [0.1, 0.15) is 0 Å². The van der Waals surface area contributed by atoms with Crippen LogP contribution in [-0.2, 0) is 9.59 Å². The second kappa shape index (κ2) is 5.41. The first-order chi connectivity index (χ1) is 5.59. The number of rotatable bonds is 2. The summed E-state index contributed by atoms with van der Waals surface area (Å²) >= 11 is 0. The molecule has 0 aromatic rings. The quantitative estimate of drug-likeness (QED) is 0.588. The van der Waals surface area contributed by atoms with E-state index in [0.29, 0.717) is 12.8 Å². The van der Waals surface area contributed by atoms with Gasteiger partial charge in [0.2, 0.25) is 0 Å². The van der Waals surface area contributed by atoms with Crippen molar-refractivity contribution in [3.05, 3.63) is 0 Å². The van der Waals surface area contributed by atoms with E-state index >= 15 is 0 Å². The van der Waals surface area contributed by atoms with Gasteiger partial charge >= 0.3 is 60.8 Å². The molecular formula is C8H14BaO4. The van der Waals surface area contributed by atoms with Gasteiger partial charge in [0.05, 0.1) is 0 Å². The Kier molecular flexibility index (Phi) is 5.62. The van der Waals surface area contributed by atoms with Crippen LogP contribution in [0, 0.1) is 5.41 Å². The summed E-state index contributed by atoms with van der Waals surface area (Å²) in [6.45, 7) is 0. The molecule has 0 aliphatic heterocycles. The molecule has 0 amide bonds. The molecule has 0 aromatic carbocycles. The molecule has 0 bridgehead atoms. The number of hydrogen-bond donors (Lipinski definition) is 2. The van der Waals surface area contributed by atoms with Crippen molar-refractivity contribution < 1.29 is 22.7 Å². The second-order valence-corrected chi connectivity index (χ2v) is 3.25. The zero-order chi connectivity index (χ0) is 9.19. The van der Waals surface area contributed by atoms with Crippen molar-refractivity contribution in [2.75, 3.05) is 0 Å². The maximum atomic E-state index is 10.7. The Morgan fingerprint density at radius 1 is 1.00 bits per heavy atom. The van der Waals surface area contributed by atoms with Gasteiger partial charge in [0.25, 0.3) is 0 Å². The fraction of sp³-hybridized carbons (Fsp3) is 0.750. The zero-order valence-corrected chi connectivity index (χ0v) is 11.9. The Labute approximate surface area is 120 Å². The zero-order valence-electron chi connectivity index (χ0n) is 9.45. The van der Waals surface area contributed by atoms with Crippen LogP contribution < -0.4 is 0 Å². The van der Waals surface area contributed by atoms with Crippen molar-refractivity contribution in [2.24, 2.45) is 5.41 Å². The monoisotopic (exact) mass is 312 g/mol. The summed E-state index contributed by atoms with van der Waals surface area (Å²) < 4.78 is 0. The summed E-state index contributed by atoms with van der Waals surface area (Å²) in [5, 5.41) is 17.6. The van der Waals surface area contributed by atoms with Gasteiger partial charge in [0, 0.05) is 0 Å². The Bertz CT molecular complexity index is 201. The van der Waals surface area contributed by atoms with Crippen molar-refractivity contribution in [1.29, 1.82) is 0 Å². The molecule has 13 heavy (non-hydrogen) atoms. The molecule has 0 aromatic heterocycles. The Morgan fingerprint density at radius 3 is 1.62 bits per heavy atom. The summed E-state index contributed by atoms with van der Waals surface area (Å²) in [5.41, 5.74) is -1.49. The van der Waals surface area contributed by atoms with E-state index in [9.17, 15) is 9.59 Å². The van der Waals surface area contributed by atoms with Gasteiger partial charge < -0.3 is 13.1 Å². The van der Waals surface area contributed by atoms with Crippen LogP contribution in [0.15, 0.2) is 0 Å². The number of carbonyl (C=O) groups is 2. The molecule has 1 rings (SSSR count). The summed E-state index contributed by atoms with van der Waals surface area (Å²) in [6, 6.07) is 0. The molecule has 1 saturated carbocycles. The van der Waals surface area contributed by atoms with E-state index in [0.717, 1.165) is 6.42 Å². The minimum absolute atomic E-state index is 0. The molecule has 1 fully saturated rings. The number of carboxylic acid groups (broad SMARTS) is 2. The maximum absolute atomic E-state index is 10.7. The summed E-state index contributed by atoms with van der Waals surface area (Å²) in [7, 11) is 0. The topological polar surface area (TPSA) is 74.6 Å². The van der Waals surface area contributed by atoms with Crippen LogP contribution in [0.1, 0.15) is 35.0 Å². The van der Waals surface area contributed by atoms with E-state index in [-0.39, 0.29) is 64.6 Å². The van der Waals surface area contributed by atoms with Crippen molar-refractivity contribution in [1.82, 2.24) is 0 Å². The second-order valence-electron chi connectivity index (χ2n) is 3.25. The summed E-state index contributed by atoms with van der Waals surface area (Å²) in [5.74, 6) is -2.37. The van der Waals surface area contributed by atoms with Crippen LogP contribution in [0.25, 0.3) is 0 Å². The third-order valence-electron chi connectivity index (χ3n) is 2.53. The Morgan fingerprint density at radius 2 is 1.38 bits per heavy atom. The third-order valence-corrected chi connectivity index (χ3v) is 2.53. The van der Waals surface area contributed by atoms with Gasteiger partial charge in [-0.05, 0) is 12.8 Å². The Hall–Kier alpha value is 0.511. The van der Waals surface area contributed by atoms with Crippen LogP contribution in [0.2, 0.25) is 0 Å². The molecule has 0 atom stereocenters. The van der Waals surface area contributed by atoms with Gasteiger partial charge in [-0.2, -0.15) is 0 Å². The van der Waals surface area contributed by atoms with Crippen molar-refractivity contribution >= 4 is 60.8 Å². The normalized spacial score (nSPS) is 20.0. The van der Waals surface area contributed by atoms with E-state index in [1.165, 1.54) is 0 Å². The largest absolute Gasteiger partial charge is 2.00 e. The SMILES string of the molecule is O=C(O)C1(C(=O)O)CCCCC1.[Ba+2].[H-].[H-]. The van der Waals surface area contributed by atoms with Gasteiger partial charge in [-0.15, -0.1) is 0 Å². The fourth-order valence-corrected chi connectivity index (χ4v) is 1.67. The molecule has 1 aliphatic rings. The first-order valence-electron chi connectivity index (χ1n) is 4.06. The minimum atomic E-state index is -1.49. The van der Waals surface area contributed by atoms with Crippen molar-refractivity contribution in [3.63, 3.8) is 0 Å². The average Bonchev–Trinajstić information content (AvgIpc) is 2.05. The predicted molar refractivity (Wildman–Crippen MR) is 48.8 cm³/mol. The van der Waals surface area contributed by atoms with Gasteiger partial charge in [-0.25, -0.2) is 0 Å². The van der Waals surface area contributed by atoms with Gasteiger partial charge in [-0.3, -0.25) is 9.59 Å². The number of aliphatic carboxylic acids is 2. The standard InChI is InChI=1S/C8H12O4.Ba.2H/c9-6(10)8(7(11)12)4-2-1-3-5-8;;;/h1-5H2,(H,9,10)(H,11,12);;;/q;+2;2*-1. The molecule has 0 radical (unpaired) electrons. The molecule has 2 N–H and O–H groups in total. The summed E-state index contributed by atoms with van der Waals surface area (Å²) in [4.78, 5) is 21.5. The maximum Gasteiger partial charge on any atom is 2.00 e. The first kappa shape index (κ1) is 13.5. The van der Waals surface area contributed by atoms with E-state index < -0.39 is 17.4 Å². The molecule has 0 spiro atoms. The van der Waals surface area contributed by atoms with Crippen molar-refractivity contribution in [2.45, 2.75) is 32.1 Å². The summed E-state index contributed by atoms with van der Waals surface area (Å²) in [6.07, 6.45) is 2.91. The van der Waals surface area contributed by atoms with E-state index in [1.807, 2.05) is 0 Å². The molecule has 72 valence electrons. The van der Waals surface area contributed by atoms with Gasteiger partial charge in [-0.1, -0.05) is 19.3 Å². The van der Waals surface area contributed by atoms with Crippen LogP contribution in [0.4, 0.5) is 0 Å². The molecule has 4 nitrogen and oxygen atoms in total. The molecular weight excluding hydrogens is 297 g/mol. The van der Waals surface area contributed by atoms with Gasteiger partial charge in [0.15, 0.2) is 5.41 Å². The van der Waals surface area contributed by atoms with Crippen LogP contribution in [-0.4, -0.2) is 71.0 Å². The molecule has 0 saturated heterocycles.